The van der Waals surface area contributed by atoms with E-state index in [0.29, 0.717) is 26.3 Å². The van der Waals surface area contributed by atoms with Gasteiger partial charge in [-0.05, 0) is 54.6 Å². The molecule has 0 aliphatic heterocycles. The van der Waals surface area contributed by atoms with Crippen molar-refractivity contribution in [1.82, 2.24) is 0 Å². The number of ketones is 1. The van der Waals surface area contributed by atoms with Crippen LogP contribution in [0.25, 0.3) is 0 Å². The zero-order valence-electron chi connectivity index (χ0n) is 14.4. The summed E-state index contributed by atoms with van der Waals surface area (Å²) in [6, 6.07) is 18.7. The van der Waals surface area contributed by atoms with Crippen molar-refractivity contribution in [1.29, 1.82) is 0 Å². The molecule has 142 valence electrons. The van der Waals surface area contributed by atoms with E-state index < -0.39 is 0 Å². The number of hydrogen-bond donors (Lipinski definition) is 1. The van der Waals surface area contributed by atoms with E-state index in [1.54, 1.807) is 48.5 Å². The third-order valence-corrected chi connectivity index (χ3v) is 5.63. The molecule has 3 rings (SSSR count). The predicted molar refractivity (Wildman–Crippen MR) is 117 cm³/mol. The molecule has 7 heteroatoms. The molecule has 0 aromatic heterocycles. The van der Waals surface area contributed by atoms with Crippen LogP contribution in [0.2, 0.25) is 15.1 Å². The first-order valence-corrected chi connectivity index (χ1v) is 10.3. The molecule has 3 nitrogen and oxygen atoms in total. The molecule has 0 saturated heterocycles. The third-order valence-electron chi connectivity index (χ3n) is 3.80. The highest BCUT2D eigenvalue weighted by atomic mass is 35.5. The summed E-state index contributed by atoms with van der Waals surface area (Å²) in [4.78, 5) is 26.2. The molecule has 0 heterocycles. The van der Waals surface area contributed by atoms with Crippen molar-refractivity contribution >= 4 is 63.9 Å². The third kappa shape index (κ3) is 5.30. The average Bonchev–Trinajstić information content (AvgIpc) is 2.69. The summed E-state index contributed by atoms with van der Waals surface area (Å²) in [7, 11) is 0. The van der Waals surface area contributed by atoms with E-state index in [2.05, 4.69) is 5.32 Å². The number of halogens is 3. The molecule has 0 spiro atoms. The van der Waals surface area contributed by atoms with Crippen molar-refractivity contribution in [2.24, 2.45) is 0 Å². The normalized spacial score (nSPS) is 10.5. The summed E-state index contributed by atoms with van der Waals surface area (Å²) >= 11 is 19.4. The fourth-order valence-corrected chi connectivity index (χ4v) is 3.69. The summed E-state index contributed by atoms with van der Waals surface area (Å²) in [6.07, 6.45) is 0. The van der Waals surface area contributed by atoms with Crippen LogP contribution in [0.4, 0.5) is 5.69 Å². The van der Waals surface area contributed by atoms with Crippen molar-refractivity contribution in [3.63, 3.8) is 0 Å². The molecule has 1 amide bonds. The van der Waals surface area contributed by atoms with Gasteiger partial charge in [0.05, 0.1) is 16.5 Å². The molecule has 0 radical (unpaired) electrons. The molecule has 28 heavy (non-hydrogen) atoms. The Morgan fingerprint density at radius 2 is 1.50 bits per heavy atom. The van der Waals surface area contributed by atoms with E-state index >= 15 is 0 Å². The van der Waals surface area contributed by atoms with Crippen LogP contribution in [0.5, 0.6) is 0 Å². The van der Waals surface area contributed by atoms with Gasteiger partial charge in [-0.2, -0.15) is 0 Å². The lowest BCUT2D eigenvalue weighted by Crippen LogP contribution is -2.17. The zero-order valence-corrected chi connectivity index (χ0v) is 17.5. The fraction of sp³-hybridized carbons (Fsp3) is 0.0476. The molecule has 0 bridgehead atoms. The monoisotopic (exact) mass is 449 g/mol. The fourth-order valence-electron chi connectivity index (χ4n) is 2.47. The van der Waals surface area contributed by atoms with Crippen LogP contribution in [0.1, 0.15) is 15.9 Å². The molecule has 0 aliphatic rings. The number of thioether (sulfide) groups is 1. The number of rotatable bonds is 6. The second-order valence-corrected chi connectivity index (χ2v) is 8.12. The molecule has 0 atom stereocenters. The summed E-state index contributed by atoms with van der Waals surface area (Å²) in [5.41, 5.74) is 1.01. The van der Waals surface area contributed by atoms with Crippen LogP contribution in [-0.2, 0) is 4.79 Å². The van der Waals surface area contributed by atoms with Crippen molar-refractivity contribution in [3.8, 4) is 0 Å². The molecular formula is C21H14Cl3NO2S. The molecular weight excluding hydrogens is 437 g/mol. The number of benzene rings is 3. The Balaban J connectivity index is 1.77. The topological polar surface area (TPSA) is 46.2 Å². The molecule has 3 aromatic carbocycles. The van der Waals surface area contributed by atoms with Gasteiger partial charge in [-0.25, -0.2) is 0 Å². The predicted octanol–water partition coefficient (Wildman–Crippen LogP) is 6.61. The van der Waals surface area contributed by atoms with Gasteiger partial charge in [0.15, 0.2) is 5.78 Å². The molecule has 0 aliphatic carbocycles. The average molecular weight is 451 g/mol. The highest BCUT2D eigenvalue weighted by Crippen LogP contribution is 2.27. The summed E-state index contributed by atoms with van der Waals surface area (Å²) in [6.45, 7) is 0. The van der Waals surface area contributed by atoms with Crippen LogP contribution < -0.4 is 5.32 Å². The molecule has 1 N–H and O–H groups in total. The SMILES string of the molecule is O=C(CSc1ccc(Cl)cc1)Nc1ccc(Cl)cc1C(=O)c1ccccc1Cl. The van der Waals surface area contributed by atoms with E-state index in [4.69, 9.17) is 34.8 Å². The first kappa shape index (κ1) is 20.7. The zero-order chi connectivity index (χ0) is 20.1. The Hall–Kier alpha value is -1.98. The van der Waals surface area contributed by atoms with Gasteiger partial charge in [-0.3, -0.25) is 9.59 Å². The maximum absolute atomic E-state index is 12.9. The van der Waals surface area contributed by atoms with E-state index in [0.717, 1.165) is 4.90 Å². The summed E-state index contributed by atoms with van der Waals surface area (Å²) in [5.74, 6) is -0.367. The lowest BCUT2D eigenvalue weighted by molar-refractivity contribution is -0.113. The molecule has 3 aromatic rings. The number of hydrogen-bond acceptors (Lipinski definition) is 3. The maximum Gasteiger partial charge on any atom is 0.234 e. The number of carbonyl (C=O) groups is 2. The number of carbonyl (C=O) groups excluding carboxylic acids is 2. The Morgan fingerprint density at radius 1 is 0.821 bits per heavy atom. The van der Waals surface area contributed by atoms with E-state index in [1.807, 2.05) is 12.1 Å². The Bertz CT molecular complexity index is 1020. The number of amides is 1. The van der Waals surface area contributed by atoms with E-state index in [9.17, 15) is 9.59 Å². The standard InChI is InChI=1S/C21H14Cl3NO2S/c22-13-5-8-15(9-6-13)28-12-20(26)25-19-10-7-14(23)11-17(19)21(27)16-3-1-2-4-18(16)24/h1-11H,12H2,(H,25,26). The van der Waals surface area contributed by atoms with Gasteiger partial charge in [0.2, 0.25) is 5.91 Å². The van der Waals surface area contributed by atoms with Crippen molar-refractivity contribution in [2.75, 3.05) is 11.1 Å². The molecule has 0 saturated carbocycles. The number of nitrogens with one attached hydrogen (secondary N) is 1. The minimum Gasteiger partial charge on any atom is -0.325 e. The summed E-state index contributed by atoms with van der Waals surface area (Å²) in [5, 5.41) is 4.15. The van der Waals surface area contributed by atoms with Crippen molar-refractivity contribution in [3.05, 3.63) is 92.9 Å². The van der Waals surface area contributed by atoms with Crippen molar-refractivity contribution in [2.45, 2.75) is 4.90 Å². The van der Waals surface area contributed by atoms with Gasteiger partial charge in [0, 0.05) is 26.1 Å². The van der Waals surface area contributed by atoms with Gasteiger partial charge >= 0.3 is 0 Å². The quantitative estimate of drug-likeness (QED) is 0.339. The van der Waals surface area contributed by atoms with Gasteiger partial charge in [-0.15, -0.1) is 11.8 Å². The summed E-state index contributed by atoms with van der Waals surface area (Å²) < 4.78 is 0. The maximum atomic E-state index is 12.9. The van der Waals surface area contributed by atoms with Gasteiger partial charge in [0.25, 0.3) is 0 Å². The van der Waals surface area contributed by atoms with E-state index in [-0.39, 0.29) is 23.0 Å². The van der Waals surface area contributed by atoms with E-state index in [1.165, 1.54) is 17.8 Å². The minimum atomic E-state index is -0.311. The lowest BCUT2D eigenvalue weighted by Gasteiger charge is -2.12. The molecule has 0 unspecified atom stereocenters. The largest absolute Gasteiger partial charge is 0.325 e. The van der Waals surface area contributed by atoms with Crippen molar-refractivity contribution < 1.29 is 9.59 Å². The smallest absolute Gasteiger partial charge is 0.234 e. The Labute approximate surface area is 182 Å². The first-order chi connectivity index (χ1) is 13.4. The molecule has 0 fully saturated rings. The second kappa shape index (κ2) is 9.48. The first-order valence-electron chi connectivity index (χ1n) is 8.21. The van der Waals surface area contributed by atoms with Crippen LogP contribution >= 0.6 is 46.6 Å². The van der Waals surface area contributed by atoms with Crippen LogP contribution in [0, 0.1) is 0 Å². The van der Waals surface area contributed by atoms with Crippen LogP contribution in [-0.4, -0.2) is 17.4 Å². The highest BCUT2D eigenvalue weighted by molar-refractivity contribution is 8.00. The van der Waals surface area contributed by atoms with Gasteiger partial charge < -0.3 is 5.32 Å². The Morgan fingerprint density at radius 3 is 2.21 bits per heavy atom. The minimum absolute atomic E-state index is 0.185. The Kier molecular flexibility index (Phi) is 7.03. The number of anilines is 1. The lowest BCUT2D eigenvalue weighted by atomic mass is 10.0. The second-order valence-electron chi connectivity index (χ2n) is 5.79. The van der Waals surface area contributed by atoms with Gasteiger partial charge in [-0.1, -0.05) is 46.9 Å². The van der Waals surface area contributed by atoms with Crippen LogP contribution in [0.3, 0.4) is 0 Å². The van der Waals surface area contributed by atoms with Gasteiger partial charge in [0.1, 0.15) is 0 Å². The highest BCUT2D eigenvalue weighted by Gasteiger charge is 2.18. The van der Waals surface area contributed by atoms with Crippen LogP contribution in [0.15, 0.2) is 71.6 Å².